The fourth-order valence-electron chi connectivity index (χ4n) is 1.72. The van der Waals surface area contributed by atoms with E-state index in [4.69, 9.17) is 15.6 Å². The SMILES string of the molecule is COc1cc(Nc2ccc(S(N)(=O)=O)cc2N)ccc1F. The Morgan fingerprint density at radius 2 is 1.90 bits per heavy atom. The van der Waals surface area contributed by atoms with Crippen molar-refractivity contribution in [3.63, 3.8) is 0 Å². The Morgan fingerprint density at radius 1 is 1.19 bits per heavy atom. The number of nitrogens with one attached hydrogen (secondary N) is 1. The van der Waals surface area contributed by atoms with Crippen molar-refractivity contribution < 1.29 is 17.5 Å². The Labute approximate surface area is 121 Å². The van der Waals surface area contributed by atoms with Gasteiger partial charge in [-0.2, -0.15) is 0 Å². The van der Waals surface area contributed by atoms with E-state index >= 15 is 0 Å². The lowest BCUT2D eigenvalue weighted by Gasteiger charge is -2.11. The molecule has 0 fully saturated rings. The van der Waals surface area contributed by atoms with Gasteiger partial charge in [-0.15, -0.1) is 0 Å². The normalized spacial score (nSPS) is 11.2. The lowest BCUT2D eigenvalue weighted by atomic mass is 10.2. The minimum Gasteiger partial charge on any atom is -0.494 e. The van der Waals surface area contributed by atoms with E-state index in [0.717, 1.165) is 0 Å². The highest BCUT2D eigenvalue weighted by molar-refractivity contribution is 7.89. The summed E-state index contributed by atoms with van der Waals surface area (Å²) in [6.07, 6.45) is 0. The van der Waals surface area contributed by atoms with Crippen molar-refractivity contribution in [3.8, 4) is 5.75 Å². The summed E-state index contributed by atoms with van der Waals surface area (Å²) < 4.78 is 40.6. The van der Waals surface area contributed by atoms with Gasteiger partial charge in [-0.05, 0) is 30.3 Å². The first kappa shape index (κ1) is 15.1. The number of benzene rings is 2. The summed E-state index contributed by atoms with van der Waals surface area (Å²) in [5, 5.41) is 7.97. The van der Waals surface area contributed by atoms with Crippen molar-refractivity contribution in [2.45, 2.75) is 4.90 Å². The second-order valence-corrected chi connectivity index (χ2v) is 5.83. The summed E-state index contributed by atoms with van der Waals surface area (Å²) >= 11 is 0. The van der Waals surface area contributed by atoms with E-state index in [1.165, 1.54) is 43.5 Å². The van der Waals surface area contributed by atoms with Crippen LogP contribution in [0.4, 0.5) is 21.5 Å². The van der Waals surface area contributed by atoms with Crippen LogP contribution in [0.1, 0.15) is 0 Å². The van der Waals surface area contributed by atoms with E-state index in [1.807, 2.05) is 0 Å². The van der Waals surface area contributed by atoms with Gasteiger partial charge in [-0.3, -0.25) is 0 Å². The first-order valence-electron chi connectivity index (χ1n) is 5.84. The van der Waals surface area contributed by atoms with Gasteiger partial charge in [-0.25, -0.2) is 17.9 Å². The van der Waals surface area contributed by atoms with Gasteiger partial charge in [0.15, 0.2) is 11.6 Å². The molecule has 0 unspecified atom stereocenters. The minimum atomic E-state index is -3.81. The molecule has 0 aliphatic rings. The van der Waals surface area contributed by atoms with Gasteiger partial charge in [0.05, 0.1) is 23.4 Å². The maximum atomic E-state index is 13.3. The first-order valence-corrected chi connectivity index (χ1v) is 7.39. The zero-order valence-electron chi connectivity index (χ0n) is 11.1. The van der Waals surface area contributed by atoms with Crippen LogP contribution in [-0.4, -0.2) is 15.5 Å². The summed E-state index contributed by atoms with van der Waals surface area (Å²) in [5.74, 6) is -0.402. The van der Waals surface area contributed by atoms with Crippen molar-refractivity contribution in [1.82, 2.24) is 0 Å². The van der Waals surface area contributed by atoms with E-state index in [2.05, 4.69) is 5.32 Å². The van der Waals surface area contributed by atoms with Crippen LogP contribution in [0, 0.1) is 5.82 Å². The van der Waals surface area contributed by atoms with E-state index in [-0.39, 0.29) is 16.3 Å². The van der Waals surface area contributed by atoms with Crippen molar-refractivity contribution in [2.24, 2.45) is 5.14 Å². The summed E-state index contributed by atoms with van der Waals surface area (Å²) in [7, 11) is -2.45. The van der Waals surface area contributed by atoms with Crippen LogP contribution in [0.5, 0.6) is 5.75 Å². The van der Waals surface area contributed by atoms with Gasteiger partial charge in [0.2, 0.25) is 10.0 Å². The van der Waals surface area contributed by atoms with E-state index in [1.54, 1.807) is 0 Å². The number of anilines is 3. The topological polar surface area (TPSA) is 107 Å². The van der Waals surface area contributed by atoms with Crippen molar-refractivity contribution >= 4 is 27.1 Å². The van der Waals surface area contributed by atoms with Crippen molar-refractivity contribution in [3.05, 3.63) is 42.2 Å². The second kappa shape index (κ2) is 5.58. The predicted molar refractivity (Wildman–Crippen MR) is 78.5 cm³/mol. The summed E-state index contributed by atoms with van der Waals surface area (Å²) in [6.45, 7) is 0. The van der Waals surface area contributed by atoms with Crippen LogP contribution in [0.2, 0.25) is 0 Å². The number of ether oxygens (including phenoxy) is 1. The third kappa shape index (κ3) is 3.41. The van der Waals surface area contributed by atoms with Gasteiger partial charge < -0.3 is 15.8 Å². The van der Waals surface area contributed by atoms with Crippen LogP contribution >= 0.6 is 0 Å². The number of rotatable bonds is 4. The predicted octanol–water partition coefficient (Wildman–Crippen LogP) is 1.81. The molecule has 0 radical (unpaired) electrons. The molecule has 2 rings (SSSR count). The summed E-state index contributed by atoms with van der Waals surface area (Å²) in [6, 6.07) is 8.27. The second-order valence-electron chi connectivity index (χ2n) is 4.27. The molecular formula is C13H14FN3O3S. The average molecular weight is 311 g/mol. The highest BCUT2D eigenvalue weighted by atomic mass is 32.2. The maximum Gasteiger partial charge on any atom is 0.238 e. The van der Waals surface area contributed by atoms with E-state index < -0.39 is 15.8 Å². The third-order valence-corrected chi connectivity index (χ3v) is 3.69. The molecule has 0 saturated carbocycles. The molecule has 0 aliphatic heterocycles. The fraction of sp³-hybridized carbons (Fsp3) is 0.0769. The summed E-state index contributed by atoms with van der Waals surface area (Å²) in [5.41, 5.74) is 6.99. The number of sulfonamides is 1. The van der Waals surface area contributed by atoms with Crippen LogP contribution in [0.15, 0.2) is 41.3 Å². The highest BCUT2D eigenvalue weighted by Crippen LogP contribution is 2.28. The number of halogens is 1. The monoisotopic (exact) mass is 311 g/mol. The Kier molecular flexibility index (Phi) is 4.01. The Hall–Kier alpha value is -2.32. The summed E-state index contributed by atoms with van der Waals surface area (Å²) in [4.78, 5) is -0.0813. The van der Waals surface area contributed by atoms with Gasteiger partial charge in [0.1, 0.15) is 0 Å². The molecule has 112 valence electrons. The quantitative estimate of drug-likeness (QED) is 0.746. The number of nitrogens with two attached hydrogens (primary N) is 2. The highest BCUT2D eigenvalue weighted by Gasteiger charge is 2.11. The molecule has 0 heterocycles. The molecule has 0 bridgehead atoms. The molecule has 8 heteroatoms. The van der Waals surface area contributed by atoms with Gasteiger partial charge in [0, 0.05) is 11.8 Å². The molecule has 0 atom stereocenters. The fourth-order valence-corrected chi connectivity index (χ4v) is 2.27. The lowest BCUT2D eigenvalue weighted by molar-refractivity contribution is 0.387. The standard InChI is InChI=1S/C13H14FN3O3S/c1-20-13-6-8(2-4-10(13)14)17-12-5-3-9(7-11(12)15)21(16,18)19/h2-7,17H,15H2,1H3,(H2,16,18,19). The van der Waals surface area contributed by atoms with Crippen LogP contribution in [0.25, 0.3) is 0 Å². The molecule has 21 heavy (non-hydrogen) atoms. The molecular weight excluding hydrogens is 297 g/mol. The zero-order chi connectivity index (χ0) is 15.6. The molecule has 0 aromatic heterocycles. The Balaban J connectivity index is 2.32. The average Bonchev–Trinajstić information content (AvgIpc) is 2.42. The molecule has 0 aliphatic carbocycles. The minimum absolute atomic E-state index is 0.0813. The lowest BCUT2D eigenvalue weighted by Crippen LogP contribution is -2.12. The molecule has 2 aromatic rings. The number of primary sulfonamides is 1. The molecule has 2 aromatic carbocycles. The number of nitrogen functional groups attached to an aromatic ring is 1. The zero-order valence-corrected chi connectivity index (χ0v) is 11.9. The van der Waals surface area contributed by atoms with Crippen LogP contribution in [-0.2, 0) is 10.0 Å². The smallest absolute Gasteiger partial charge is 0.238 e. The van der Waals surface area contributed by atoms with E-state index in [0.29, 0.717) is 11.4 Å². The Bertz CT molecular complexity index is 778. The number of hydrogen-bond acceptors (Lipinski definition) is 5. The first-order chi connectivity index (χ1) is 9.81. The van der Waals surface area contributed by atoms with Gasteiger partial charge in [-0.1, -0.05) is 0 Å². The van der Waals surface area contributed by atoms with Crippen LogP contribution in [0.3, 0.4) is 0 Å². The van der Waals surface area contributed by atoms with Gasteiger partial charge in [0.25, 0.3) is 0 Å². The van der Waals surface area contributed by atoms with E-state index in [9.17, 15) is 12.8 Å². The van der Waals surface area contributed by atoms with Crippen molar-refractivity contribution in [1.29, 1.82) is 0 Å². The largest absolute Gasteiger partial charge is 0.494 e. The molecule has 5 N–H and O–H groups in total. The molecule has 6 nitrogen and oxygen atoms in total. The number of methoxy groups -OCH3 is 1. The Morgan fingerprint density at radius 3 is 2.48 bits per heavy atom. The number of hydrogen-bond donors (Lipinski definition) is 3. The third-order valence-electron chi connectivity index (χ3n) is 2.78. The van der Waals surface area contributed by atoms with Crippen LogP contribution < -0.4 is 20.9 Å². The molecule has 0 saturated heterocycles. The molecule has 0 spiro atoms. The van der Waals surface area contributed by atoms with Gasteiger partial charge >= 0.3 is 0 Å². The maximum absolute atomic E-state index is 13.3. The van der Waals surface area contributed by atoms with Crippen molar-refractivity contribution in [2.75, 3.05) is 18.2 Å². The molecule has 0 amide bonds.